The molecule has 0 radical (unpaired) electrons. The lowest BCUT2D eigenvalue weighted by Crippen LogP contribution is -2.44. The zero-order valence-corrected chi connectivity index (χ0v) is 26.2. The molecule has 7 nitrogen and oxygen atoms in total. The SMILES string of the molecule is COc1cc(C)ccc1O[C@@H](CO[Si](C)(C)C(C)(C)C)[C@H](O)c1cc(OC)c(OCc2ccccc2)c(OC)c1. The number of benzene rings is 3. The second-order valence-electron chi connectivity index (χ2n) is 11.4. The predicted molar refractivity (Wildman–Crippen MR) is 161 cm³/mol. The molecule has 0 saturated heterocycles. The summed E-state index contributed by atoms with van der Waals surface area (Å²) < 4.78 is 35.9. The Hall–Kier alpha value is -3.20. The van der Waals surface area contributed by atoms with Gasteiger partial charge < -0.3 is 33.2 Å². The van der Waals surface area contributed by atoms with E-state index < -0.39 is 20.5 Å². The van der Waals surface area contributed by atoms with Crippen molar-refractivity contribution in [2.75, 3.05) is 27.9 Å². The van der Waals surface area contributed by atoms with Crippen LogP contribution in [0.25, 0.3) is 0 Å². The van der Waals surface area contributed by atoms with E-state index in [9.17, 15) is 5.11 Å². The summed E-state index contributed by atoms with van der Waals surface area (Å²) in [5, 5.41) is 11.7. The van der Waals surface area contributed by atoms with E-state index >= 15 is 0 Å². The van der Waals surface area contributed by atoms with E-state index in [0.29, 0.717) is 40.9 Å². The van der Waals surface area contributed by atoms with Crippen molar-refractivity contribution in [2.45, 2.75) is 64.6 Å². The third-order valence-electron chi connectivity index (χ3n) is 7.41. The lowest BCUT2D eigenvalue weighted by atomic mass is 10.0. The maximum atomic E-state index is 11.7. The van der Waals surface area contributed by atoms with E-state index in [1.54, 1.807) is 33.5 Å². The van der Waals surface area contributed by atoms with Gasteiger partial charge >= 0.3 is 0 Å². The highest BCUT2D eigenvalue weighted by Gasteiger charge is 2.39. The molecule has 3 aromatic rings. The molecule has 0 unspecified atom stereocenters. The number of ether oxygens (including phenoxy) is 5. The summed E-state index contributed by atoms with van der Waals surface area (Å²) >= 11 is 0. The van der Waals surface area contributed by atoms with Gasteiger partial charge in [0.1, 0.15) is 12.7 Å². The van der Waals surface area contributed by atoms with Gasteiger partial charge in [-0.25, -0.2) is 0 Å². The molecule has 2 atom stereocenters. The Morgan fingerprint density at radius 3 is 1.95 bits per heavy atom. The molecule has 0 aromatic heterocycles. The molecule has 0 spiro atoms. The zero-order valence-electron chi connectivity index (χ0n) is 25.2. The molecule has 0 aliphatic heterocycles. The monoisotopic (exact) mass is 568 g/mol. The van der Waals surface area contributed by atoms with Crippen LogP contribution in [0.3, 0.4) is 0 Å². The van der Waals surface area contributed by atoms with Gasteiger partial charge in [-0.05, 0) is 66.0 Å². The molecular weight excluding hydrogens is 524 g/mol. The van der Waals surface area contributed by atoms with Gasteiger partial charge in [0.05, 0.1) is 27.9 Å². The first-order valence-electron chi connectivity index (χ1n) is 13.5. The number of aliphatic hydroxyl groups excluding tert-OH is 1. The molecule has 0 heterocycles. The molecule has 218 valence electrons. The summed E-state index contributed by atoms with van der Waals surface area (Å²) in [6.07, 6.45) is -1.81. The fraction of sp³-hybridized carbons (Fsp3) is 0.438. The first-order valence-corrected chi connectivity index (χ1v) is 16.4. The van der Waals surface area contributed by atoms with E-state index in [4.69, 9.17) is 28.1 Å². The van der Waals surface area contributed by atoms with E-state index in [2.05, 4.69) is 33.9 Å². The van der Waals surface area contributed by atoms with Crippen molar-refractivity contribution in [2.24, 2.45) is 0 Å². The van der Waals surface area contributed by atoms with Gasteiger partial charge in [0.15, 0.2) is 37.4 Å². The van der Waals surface area contributed by atoms with Crippen LogP contribution in [-0.2, 0) is 11.0 Å². The van der Waals surface area contributed by atoms with Crippen LogP contribution in [0.1, 0.15) is 43.6 Å². The Balaban J connectivity index is 1.96. The van der Waals surface area contributed by atoms with Crippen LogP contribution < -0.4 is 23.7 Å². The smallest absolute Gasteiger partial charge is 0.203 e. The zero-order chi connectivity index (χ0) is 29.5. The van der Waals surface area contributed by atoms with Gasteiger partial charge in [-0.1, -0.05) is 57.2 Å². The average Bonchev–Trinajstić information content (AvgIpc) is 2.93. The maximum Gasteiger partial charge on any atom is 0.203 e. The topological polar surface area (TPSA) is 75.6 Å². The van der Waals surface area contributed by atoms with Crippen molar-refractivity contribution in [3.05, 3.63) is 77.4 Å². The summed E-state index contributed by atoms with van der Waals surface area (Å²) in [5.74, 6) is 2.46. The fourth-order valence-electron chi connectivity index (χ4n) is 3.89. The third-order valence-corrected chi connectivity index (χ3v) is 11.9. The fourth-order valence-corrected chi connectivity index (χ4v) is 4.90. The molecule has 0 aliphatic carbocycles. The largest absolute Gasteiger partial charge is 0.493 e. The Labute approximate surface area is 240 Å². The molecule has 0 amide bonds. The standard InChI is InChI=1S/C32H44O7Si/c1-22-15-16-25(26(17-22)34-5)39-29(21-38-40(8,9)32(2,3)4)30(33)24-18-27(35-6)31(28(19-24)36-7)37-20-23-13-11-10-12-14-23/h10-19,29-30,33H,20-21H2,1-9H3/t29-,30+/m0/s1. The van der Waals surface area contributed by atoms with Crippen LogP contribution in [0.4, 0.5) is 0 Å². The predicted octanol–water partition coefficient (Wildman–Crippen LogP) is 7.10. The van der Waals surface area contributed by atoms with Crippen molar-refractivity contribution in [3.8, 4) is 28.7 Å². The molecule has 1 N–H and O–H groups in total. The Morgan fingerprint density at radius 1 is 0.800 bits per heavy atom. The highest BCUT2D eigenvalue weighted by atomic mass is 28.4. The molecule has 0 aliphatic rings. The summed E-state index contributed by atoms with van der Waals surface area (Å²) in [6, 6.07) is 19.1. The summed E-state index contributed by atoms with van der Waals surface area (Å²) in [7, 11) is 2.58. The molecule has 3 aromatic carbocycles. The van der Waals surface area contributed by atoms with Gasteiger partial charge in [-0.15, -0.1) is 0 Å². The highest BCUT2D eigenvalue weighted by molar-refractivity contribution is 6.74. The number of hydrogen-bond acceptors (Lipinski definition) is 7. The van der Waals surface area contributed by atoms with Gasteiger partial charge in [0.25, 0.3) is 0 Å². The molecule has 0 bridgehead atoms. The minimum Gasteiger partial charge on any atom is -0.493 e. The van der Waals surface area contributed by atoms with E-state index in [1.807, 2.05) is 55.5 Å². The molecule has 3 rings (SSSR count). The lowest BCUT2D eigenvalue weighted by Gasteiger charge is -2.38. The quantitative estimate of drug-likeness (QED) is 0.220. The van der Waals surface area contributed by atoms with Gasteiger partial charge in [0, 0.05) is 0 Å². The number of hydrogen-bond donors (Lipinski definition) is 1. The van der Waals surface area contributed by atoms with E-state index in [0.717, 1.165) is 11.1 Å². The van der Waals surface area contributed by atoms with Crippen LogP contribution in [0.5, 0.6) is 28.7 Å². The highest BCUT2D eigenvalue weighted by Crippen LogP contribution is 2.42. The van der Waals surface area contributed by atoms with Crippen LogP contribution in [0, 0.1) is 6.92 Å². The number of methoxy groups -OCH3 is 3. The molecular formula is C32H44O7Si. The molecule has 8 heteroatoms. The second kappa shape index (κ2) is 13.4. The number of aryl methyl sites for hydroxylation is 1. The van der Waals surface area contributed by atoms with E-state index in [1.165, 1.54) is 0 Å². The number of rotatable bonds is 13. The Kier molecular flexibility index (Phi) is 10.5. The van der Waals surface area contributed by atoms with Crippen molar-refractivity contribution in [1.29, 1.82) is 0 Å². The van der Waals surface area contributed by atoms with Gasteiger partial charge in [-0.2, -0.15) is 0 Å². The third kappa shape index (κ3) is 7.71. The summed E-state index contributed by atoms with van der Waals surface area (Å²) in [5.41, 5.74) is 2.61. The van der Waals surface area contributed by atoms with Crippen molar-refractivity contribution >= 4 is 8.32 Å². The van der Waals surface area contributed by atoms with Crippen molar-refractivity contribution in [1.82, 2.24) is 0 Å². The average molecular weight is 569 g/mol. The minimum absolute atomic E-state index is 0.00572. The second-order valence-corrected chi connectivity index (χ2v) is 16.2. The van der Waals surface area contributed by atoms with Crippen LogP contribution in [0.15, 0.2) is 60.7 Å². The first-order chi connectivity index (χ1) is 18.9. The van der Waals surface area contributed by atoms with Crippen LogP contribution in [0.2, 0.25) is 18.1 Å². The summed E-state index contributed by atoms with van der Waals surface area (Å²) in [4.78, 5) is 0. The first kappa shape index (κ1) is 31.3. The Bertz CT molecular complexity index is 1210. The maximum absolute atomic E-state index is 11.7. The number of aliphatic hydroxyl groups is 1. The lowest BCUT2D eigenvalue weighted by molar-refractivity contribution is 0.00248. The van der Waals surface area contributed by atoms with Gasteiger partial charge in [-0.3, -0.25) is 0 Å². The normalized spacial score (nSPS) is 13.3. The molecule has 0 saturated carbocycles. The van der Waals surface area contributed by atoms with Crippen molar-refractivity contribution in [3.63, 3.8) is 0 Å². The van der Waals surface area contributed by atoms with Crippen LogP contribution in [-0.4, -0.2) is 47.5 Å². The minimum atomic E-state index is -2.14. The Morgan fingerprint density at radius 2 is 1.40 bits per heavy atom. The van der Waals surface area contributed by atoms with Gasteiger partial charge in [0.2, 0.25) is 5.75 Å². The molecule has 0 fully saturated rings. The van der Waals surface area contributed by atoms with E-state index in [-0.39, 0.29) is 11.6 Å². The van der Waals surface area contributed by atoms with Crippen molar-refractivity contribution < 1.29 is 33.2 Å². The summed E-state index contributed by atoms with van der Waals surface area (Å²) in [6.45, 7) is 13.4. The van der Waals surface area contributed by atoms with Crippen LogP contribution >= 0.6 is 0 Å². The molecule has 40 heavy (non-hydrogen) atoms.